The molecule has 0 radical (unpaired) electrons. The van der Waals surface area contributed by atoms with Gasteiger partial charge in [0.05, 0.1) is 11.5 Å². The van der Waals surface area contributed by atoms with E-state index in [-0.39, 0.29) is 50.0 Å². The zero-order valence-corrected chi connectivity index (χ0v) is 27.3. The Balaban J connectivity index is 1.30. The average molecular weight is 688 g/mol. The Morgan fingerprint density at radius 1 is 1.22 bits per heavy atom. The van der Waals surface area contributed by atoms with E-state index in [4.69, 9.17) is 27.9 Å². The molecule has 7 rings (SSSR count). The van der Waals surface area contributed by atoms with E-state index < -0.39 is 47.3 Å². The highest BCUT2D eigenvalue weighted by Gasteiger charge is 2.50. The van der Waals surface area contributed by atoms with Crippen molar-refractivity contribution in [2.45, 2.75) is 43.1 Å². The lowest BCUT2D eigenvalue weighted by Gasteiger charge is -2.44. The predicted octanol–water partition coefficient (Wildman–Crippen LogP) is 5.90. The van der Waals surface area contributed by atoms with Crippen molar-refractivity contribution in [3.63, 3.8) is 0 Å². The summed E-state index contributed by atoms with van der Waals surface area (Å²) < 4.78 is 51.9. The van der Waals surface area contributed by atoms with Crippen LogP contribution in [0.25, 0.3) is 21.3 Å². The number of nitriles is 1. The molecule has 3 saturated heterocycles. The molecule has 13 heteroatoms. The number of nitrogens with zero attached hydrogens (tertiary/aromatic N) is 7. The lowest BCUT2D eigenvalue weighted by Crippen LogP contribution is -2.57. The first-order valence-electron chi connectivity index (χ1n) is 16.2. The van der Waals surface area contributed by atoms with Gasteiger partial charge >= 0.3 is 0 Å². The number of fused-ring (bicyclic) bond motifs is 3. The number of halogens is 4. The summed E-state index contributed by atoms with van der Waals surface area (Å²) in [5, 5.41) is 12.5. The summed E-state index contributed by atoms with van der Waals surface area (Å²) in [4.78, 5) is 30.6. The molecular formula is C36H33ClF3N7O2. The summed E-state index contributed by atoms with van der Waals surface area (Å²) in [6.07, 6.45) is 2.49. The van der Waals surface area contributed by atoms with Crippen molar-refractivity contribution >= 4 is 46.1 Å². The third-order valence-electron chi connectivity index (χ3n) is 10.3. The number of rotatable bonds is 6. The molecule has 0 saturated carbocycles. The quantitative estimate of drug-likeness (QED) is 0.279. The summed E-state index contributed by atoms with van der Waals surface area (Å²) in [6.45, 7) is 11.9. The predicted molar refractivity (Wildman–Crippen MR) is 181 cm³/mol. The number of dihydropyridines is 1. The fraction of sp³-hybridized carbons (Fsp3) is 0.417. The second-order valence-corrected chi connectivity index (χ2v) is 13.5. The Bertz CT molecular complexity index is 1940. The molecule has 0 spiro atoms. The molecule has 5 heterocycles. The lowest BCUT2D eigenvalue weighted by molar-refractivity contribution is -0.132. The van der Waals surface area contributed by atoms with Crippen molar-refractivity contribution in [3.8, 4) is 6.07 Å². The SMILES string of the molecule is [C-]#[N+]C[C@H]1CN(C2=C(C#N)C(OC[C@@]34CCCN3C[C@H](F)C4)=NC3C(F)=C(c4cccc5cccc(Cl)c45)N=CC23)CCN1C(=O)C(=C)F. The number of carbonyl (C=O) groups is 1. The van der Waals surface area contributed by atoms with Crippen LogP contribution in [-0.2, 0) is 9.53 Å². The van der Waals surface area contributed by atoms with Crippen molar-refractivity contribution < 1.29 is 22.7 Å². The minimum Gasteiger partial charge on any atom is -0.475 e. The molecule has 5 aliphatic heterocycles. The Hall–Kier alpha value is -4.65. The lowest BCUT2D eigenvalue weighted by atomic mass is 9.85. The van der Waals surface area contributed by atoms with Gasteiger partial charge in [-0.2, -0.15) is 5.26 Å². The van der Waals surface area contributed by atoms with Gasteiger partial charge in [0, 0.05) is 60.5 Å². The van der Waals surface area contributed by atoms with E-state index in [1.165, 1.54) is 4.90 Å². The maximum atomic E-state index is 17.0. The Morgan fingerprint density at radius 3 is 2.78 bits per heavy atom. The van der Waals surface area contributed by atoms with Crippen molar-refractivity contribution in [1.82, 2.24) is 14.7 Å². The number of amides is 1. The first-order valence-corrected chi connectivity index (χ1v) is 16.6. The molecule has 0 N–H and O–H groups in total. The van der Waals surface area contributed by atoms with E-state index in [0.29, 0.717) is 34.6 Å². The highest BCUT2D eigenvalue weighted by Crippen LogP contribution is 2.44. The largest absolute Gasteiger partial charge is 0.475 e. The third-order valence-corrected chi connectivity index (χ3v) is 10.6. The van der Waals surface area contributed by atoms with Crippen molar-refractivity contribution in [1.29, 1.82) is 5.26 Å². The second-order valence-electron chi connectivity index (χ2n) is 13.1. The molecule has 5 aliphatic rings. The Morgan fingerprint density at radius 2 is 2.02 bits per heavy atom. The summed E-state index contributed by atoms with van der Waals surface area (Å²) >= 11 is 6.60. The van der Waals surface area contributed by atoms with Gasteiger partial charge in [0.25, 0.3) is 5.91 Å². The molecule has 0 bridgehead atoms. The molecular weight excluding hydrogens is 655 g/mol. The molecule has 5 atom stereocenters. The molecule has 3 fully saturated rings. The van der Waals surface area contributed by atoms with Crippen LogP contribution in [0.5, 0.6) is 0 Å². The van der Waals surface area contributed by atoms with E-state index >= 15 is 4.39 Å². The van der Waals surface area contributed by atoms with Crippen LogP contribution in [0.2, 0.25) is 5.02 Å². The smallest absolute Gasteiger partial charge is 0.282 e. The molecule has 49 heavy (non-hydrogen) atoms. The van der Waals surface area contributed by atoms with Crippen LogP contribution in [0.15, 0.2) is 75.9 Å². The molecule has 1 amide bonds. The molecule has 2 aromatic carbocycles. The molecule has 2 aromatic rings. The van der Waals surface area contributed by atoms with Crippen LogP contribution < -0.4 is 0 Å². The van der Waals surface area contributed by atoms with Gasteiger partial charge in [-0.3, -0.25) is 14.7 Å². The third kappa shape index (κ3) is 5.67. The van der Waals surface area contributed by atoms with Gasteiger partial charge in [-0.25, -0.2) is 24.7 Å². The van der Waals surface area contributed by atoms with E-state index in [1.54, 1.807) is 24.4 Å². The van der Waals surface area contributed by atoms with Gasteiger partial charge in [-0.1, -0.05) is 48.5 Å². The standard InChI is InChI=1S/C36H33ClF3N7O2/c1-21(38)35(48)47-13-12-45(19-24(47)16-42-2)33-26(15-41)34(49-20-36-10-5-11-46(36)18-23(39)14-36)44-32-27(33)17-43-31(30(32)40)25-8-3-6-22-7-4-9-28(37)29(22)25/h3-4,6-9,17,23-24,27,32H,1,5,10-14,16,18-20H2/t23-,24+,27?,32?,36+/m1/s1. The number of ether oxygens (including phenoxy) is 1. The second kappa shape index (κ2) is 13.0. The summed E-state index contributed by atoms with van der Waals surface area (Å²) in [5.74, 6) is -3.55. The molecule has 9 nitrogen and oxygen atoms in total. The van der Waals surface area contributed by atoms with Gasteiger partial charge in [0.2, 0.25) is 12.4 Å². The minimum atomic E-state index is -1.16. The van der Waals surface area contributed by atoms with Crippen molar-refractivity contribution in [3.05, 3.63) is 87.9 Å². The van der Waals surface area contributed by atoms with Crippen LogP contribution in [0.1, 0.15) is 24.8 Å². The van der Waals surface area contributed by atoms with E-state index in [1.807, 2.05) is 23.1 Å². The summed E-state index contributed by atoms with van der Waals surface area (Å²) in [5.41, 5.74) is 0.462. The van der Waals surface area contributed by atoms with Gasteiger partial charge in [-0.15, -0.1) is 0 Å². The van der Waals surface area contributed by atoms with Gasteiger partial charge < -0.3 is 19.4 Å². The van der Waals surface area contributed by atoms with Crippen LogP contribution in [0.4, 0.5) is 13.2 Å². The zero-order chi connectivity index (χ0) is 34.4. The van der Waals surface area contributed by atoms with E-state index in [2.05, 4.69) is 27.4 Å². The van der Waals surface area contributed by atoms with E-state index in [9.17, 15) is 18.8 Å². The Labute approximate surface area is 287 Å². The van der Waals surface area contributed by atoms with Crippen LogP contribution in [0, 0.1) is 23.8 Å². The molecule has 252 valence electrons. The van der Waals surface area contributed by atoms with Gasteiger partial charge in [-0.05, 0) is 30.8 Å². The van der Waals surface area contributed by atoms with Gasteiger partial charge in [0.15, 0.2) is 11.7 Å². The van der Waals surface area contributed by atoms with Crippen molar-refractivity contribution in [2.75, 3.05) is 45.9 Å². The average Bonchev–Trinajstić information content (AvgIpc) is 3.62. The summed E-state index contributed by atoms with van der Waals surface area (Å²) in [6, 6.07) is 11.2. The monoisotopic (exact) mass is 687 g/mol. The maximum absolute atomic E-state index is 17.0. The van der Waals surface area contributed by atoms with Crippen LogP contribution >= 0.6 is 11.6 Å². The molecule has 2 unspecified atom stereocenters. The van der Waals surface area contributed by atoms with E-state index in [0.717, 1.165) is 24.8 Å². The number of carbonyl (C=O) groups excluding carboxylic acids is 1. The number of benzene rings is 2. The van der Waals surface area contributed by atoms with Crippen LogP contribution in [0.3, 0.4) is 0 Å². The number of alkyl halides is 1. The number of hydrogen-bond donors (Lipinski definition) is 0. The van der Waals surface area contributed by atoms with Gasteiger partial charge in [0.1, 0.15) is 42.2 Å². The fourth-order valence-corrected chi connectivity index (χ4v) is 8.39. The van der Waals surface area contributed by atoms with Crippen LogP contribution in [-0.4, -0.2) is 102 Å². The fourth-order valence-electron chi connectivity index (χ4n) is 8.10. The first kappa shape index (κ1) is 32.9. The zero-order valence-electron chi connectivity index (χ0n) is 26.6. The first-order chi connectivity index (χ1) is 23.7. The van der Waals surface area contributed by atoms with Crippen molar-refractivity contribution in [2.24, 2.45) is 15.9 Å². The molecule has 0 aliphatic carbocycles. The maximum Gasteiger partial charge on any atom is 0.282 e. The highest BCUT2D eigenvalue weighted by molar-refractivity contribution is 6.36. The number of aliphatic imine (C=N–C) groups is 2. The highest BCUT2D eigenvalue weighted by atomic mass is 35.5. The topological polar surface area (TPSA) is 88.9 Å². The number of hydrogen-bond acceptors (Lipinski definition) is 7. The summed E-state index contributed by atoms with van der Waals surface area (Å²) in [7, 11) is 0. The normalized spacial score (nSPS) is 28.2. The Kier molecular flexibility index (Phi) is 8.72. The number of piperazine rings is 1. The minimum absolute atomic E-state index is 0.0417. The molecule has 0 aromatic heterocycles.